The van der Waals surface area contributed by atoms with Gasteiger partial charge in [0.2, 0.25) is 5.91 Å². The van der Waals surface area contributed by atoms with Gasteiger partial charge in [-0.15, -0.1) is 0 Å². The molecule has 0 bridgehead atoms. The van der Waals surface area contributed by atoms with Crippen molar-refractivity contribution in [2.24, 2.45) is 0 Å². The summed E-state index contributed by atoms with van der Waals surface area (Å²) in [7, 11) is 3.07. The second-order valence-corrected chi connectivity index (χ2v) is 6.95. The molecule has 7 nitrogen and oxygen atoms in total. The first-order valence-corrected chi connectivity index (χ1v) is 9.79. The minimum atomic E-state index is -0.302. The number of para-hydroxylation sites is 1. The molecule has 0 aromatic heterocycles. The lowest BCUT2D eigenvalue weighted by Crippen LogP contribution is -2.23. The number of carbonyl (C=O) groups excluding carboxylic acids is 2. The van der Waals surface area contributed by atoms with Gasteiger partial charge in [-0.05, 0) is 36.4 Å². The second-order valence-electron chi connectivity index (χ2n) is 6.51. The molecule has 3 aromatic carbocycles. The zero-order valence-corrected chi connectivity index (χ0v) is 17.8. The standard InChI is InChI=1S/C23H22ClN3O4/c1-30-18-11-17(12-19(13-18)31-2)26-22(28)14-25-21-6-4-3-5-20(21)23(29)27-16-9-7-15(24)8-10-16/h3-13,25H,14H2,1-2H3,(H,26,28)(H,27,29). The molecule has 3 aromatic rings. The average Bonchev–Trinajstić information content (AvgIpc) is 2.79. The Morgan fingerprint density at radius 3 is 2.13 bits per heavy atom. The van der Waals surface area contributed by atoms with Gasteiger partial charge in [0.25, 0.3) is 5.91 Å². The molecule has 0 saturated carbocycles. The molecule has 0 saturated heterocycles. The fourth-order valence-electron chi connectivity index (χ4n) is 2.83. The Hall–Kier alpha value is -3.71. The maximum atomic E-state index is 12.7. The average molecular weight is 440 g/mol. The largest absolute Gasteiger partial charge is 0.497 e. The van der Waals surface area contributed by atoms with Gasteiger partial charge in [0.05, 0.1) is 26.3 Å². The van der Waals surface area contributed by atoms with Gasteiger partial charge in [0.1, 0.15) is 11.5 Å². The van der Waals surface area contributed by atoms with Crippen molar-refractivity contribution in [1.29, 1.82) is 0 Å². The molecule has 0 spiro atoms. The highest BCUT2D eigenvalue weighted by Gasteiger charge is 2.13. The van der Waals surface area contributed by atoms with Gasteiger partial charge in [-0.3, -0.25) is 9.59 Å². The van der Waals surface area contributed by atoms with Gasteiger partial charge in [0, 0.05) is 40.3 Å². The number of methoxy groups -OCH3 is 2. The molecule has 0 unspecified atom stereocenters. The van der Waals surface area contributed by atoms with E-state index in [4.69, 9.17) is 21.1 Å². The van der Waals surface area contributed by atoms with E-state index in [1.165, 1.54) is 14.2 Å². The van der Waals surface area contributed by atoms with E-state index in [2.05, 4.69) is 16.0 Å². The molecule has 0 fully saturated rings. The fraction of sp³-hybridized carbons (Fsp3) is 0.130. The van der Waals surface area contributed by atoms with Crippen molar-refractivity contribution in [3.63, 3.8) is 0 Å². The zero-order chi connectivity index (χ0) is 22.2. The van der Waals surface area contributed by atoms with Gasteiger partial charge >= 0.3 is 0 Å². The Morgan fingerprint density at radius 1 is 0.839 bits per heavy atom. The zero-order valence-electron chi connectivity index (χ0n) is 17.1. The fourth-order valence-corrected chi connectivity index (χ4v) is 2.95. The molecule has 0 aliphatic rings. The molecule has 3 N–H and O–H groups in total. The Morgan fingerprint density at radius 2 is 1.48 bits per heavy atom. The van der Waals surface area contributed by atoms with Gasteiger partial charge in [-0.25, -0.2) is 0 Å². The Bertz CT molecular complexity index is 1050. The summed E-state index contributed by atoms with van der Waals surface area (Å²) in [6.45, 7) is -0.0369. The molecule has 2 amide bonds. The lowest BCUT2D eigenvalue weighted by atomic mass is 10.1. The topological polar surface area (TPSA) is 88.7 Å². The van der Waals surface area contributed by atoms with E-state index in [-0.39, 0.29) is 18.4 Å². The van der Waals surface area contributed by atoms with Crippen LogP contribution >= 0.6 is 11.6 Å². The third-order valence-corrected chi connectivity index (χ3v) is 4.60. The number of benzene rings is 3. The number of ether oxygens (including phenoxy) is 2. The smallest absolute Gasteiger partial charge is 0.257 e. The molecule has 8 heteroatoms. The van der Waals surface area contributed by atoms with Crippen molar-refractivity contribution in [3.8, 4) is 11.5 Å². The first-order valence-electron chi connectivity index (χ1n) is 9.41. The van der Waals surface area contributed by atoms with E-state index in [0.29, 0.717) is 39.1 Å². The highest BCUT2D eigenvalue weighted by Crippen LogP contribution is 2.26. The van der Waals surface area contributed by atoms with Gasteiger partial charge in [-0.1, -0.05) is 23.7 Å². The molecule has 0 aliphatic carbocycles. The summed E-state index contributed by atoms with van der Waals surface area (Å²) in [5.74, 6) is 0.533. The van der Waals surface area contributed by atoms with Crippen LogP contribution in [0.2, 0.25) is 5.02 Å². The monoisotopic (exact) mass is 439 g/mol. The minimum Gasteiger partial charge on any atom is -0.497 e. The maximum Gasteiger partial charge on any atom is 0.257 e. The van der Waals surface area contributed by atoms with Crippen LogP contribution in [0.15, 0.2) is 66.7 Å². The molecule has 0 radical (unpaired) electrons. The van der Waals surface area contributed by atoms with Crippen molar-refractivity contribution in [3.05, 3.63) is 77.3 Å². The lowest BCUT2D eigenvalue weighted by Gasteiger charge is -2.13. The summed E-state index contributed by atoms with van der Waals surface area (Å²) in [4.78, 5) is 25.1. The molecule has 31 heavy (non-hydrogen) atoms. The van der Waals surface area contributed by atoms with Crippen LogP contribution in [0.25, 0.3) is 0 Å². The Balaban J connectivity index is 1.65. The summed E-state index contributed by atoms with van der Waals surface area (Å²) in [5.41, 5.74) is 2.10. The molecule has 0 heterocycles. The summed E-state index contributed by atoms with van der Waals surface area (Å²) in [5, 5.41) is 9.19. The van der Waals surface area contributed by atoms with Crippen LogP contribution in [0, 0.1) is 0 Å². The normalized spacial score (nSPS) is 10.2. The summed E-state index contributed by atoms with van der Waals surface area (Å²) < 4.78 is 10.4. The molecular formula is C23H22ClN3O4. The maximum absolute atomic E-state index is 12.7. The minimum absolute atomic E-state index is 0.0369. The van der Waals surface area contributed by atoms with Crippen LogP contribution in [-0.4, -0.2) is 32.6 Å². The van der Waals surface area contributed by atoms with Crippen LogP contribution in [0.4, 0.5) is 17.1 Å². The van der Waals surface area contributed by atoms with Crippen LogP contribution in [0.5, 0.6) is 11.5 Å². The number of halogens is 1. The van der Waals surface area contributed by atoms with Gasteiger partial charge < -0.3 is 25.4 Å². The number of rotatable bonds is 8. The van der Waals surface area contributed by atoms with E-state index in [9.17, 15) is 9.59 Å². The first-order chi connectivity index (χ1) is 15.0. The highest BCUT2D eigenvalue weighted by atomic mass is 35.5. The number of hydrogen-bond donors (Lipinski definition) is 3. The van der Waals surface area contributed by atoms with E-state index in [1.807, 2.05) is 0 Å². The van der Waals surface area contributed by atoms with Crippen LogP contribution in [0.3, 0.4) is 0 Å². The predicted molar refractivity (Wildman–Crippen MR) is 123 cm³/mol. The lowest BCUT2D eigenvalue weighted by molar-refractivity contribution is -0.114. The van der Waals surface area contributed by atoms with Crippen molar-refractivity contribution in [2.75, 3.05) is 36.7 Å². The third kappa shape index (κ3) is 6.13. The third-order valence-electron chi connectivity index (χ3n) is 4.35. The van der Waals surface area contributed by atoms with Crippen LogP contribution in [-0.2, 0) is 4.79 Å². The number of carbonyl (C=O) groups is 2. The molecule has 0 atom stereocenters. The van der Waals surface area contributed by atoms with E-state index in [0.717, 1.165) is 0 Å². The number of anilines is 3. The number of nitrogens with one attached hydrogen (secondary N) is 3. The molecule has 160 valence electrons. The van der Waals surface area contributed by atoms with E-state index < -0.39 is 0 Å². The number of amides is 2. The molecular weight excluding hydrogens is 418 g/mol. The van der Waals surface area contributed by atoms with Crippen LogP contribution in [0.1, 0.15) is 10.4 Å². The van der Waals surface area contributed by atoms with E-state index >= 15 is 0 Å². The Labute approximate surface area is 185 Å². The highest BCUT2D eigenvalue weighted by molar-refractivity contribution is 6.30. The van der Waals surface area contributed by atoms with Crippen molar-refractivity contribution < 1.29 is 19.1 Å². The van der Waals surface area contributed by atoms with Gasteiger partial charge in [-0.2, -0.15) is 0 Å². The van der Waals surface area contributed by atoms with Crippen molar-refractivity contribution >= 4 is 40.5 Å². The van der Waals surface area contributed by atoms with Crippen molar-refractivity contribution in [1.82, 2.24) is 0 Å². The molecule has 0 aliphatic heterocycles. The Kier molecular flexibility index (Phi) is 7.35. The second kappa shape index (κ2) is 10.4. The SMILES string of the molecule is COc1cc(NC(=O)CNc2ccccc2C(=O)Nc2ccc(Cl)cc2)cc(OC)c1. The predicted octanol–water partition coefficient (Wildman–Crippen LogP) is 4.66. The van der Waals surface area contributed by atoms with E-state index in [1.54, 1.807) is 66.7 Å². The summed E-state index contributed by atoms with van der Waals surface area (Å²) in [6, 6.07) is 18.9. The first kappa shape index (κ1) is 22.0. The van der Waals surface area contributed by atoms with Gasteiger partial charge in [0.15, 0.2) is 0 Å². The van der Waals surface area contributed by atoms with Crippen molar-refractivity contribution in [2.45, 2.75) is 0 Å². The molecule has 3 rings (SSSR count). The quantitative estimate of drug-likeness (QED) is 0.475. The number of hydrogen-bond acceptors (Lipinski definition) is 5. The summed E-state index contributed by atoms with van der Waals surface area (Å²) >= 11 is 5.88. The van der Waals surface area contributed by atoms with Crippen LogP contribution < -0.4 is 25.4 Å². The summed E-state index contributed by atoms with van der Waals surface area (Å²) in [6.07, 6.45) is 0.